The van der Waals surface area contributed by atoms with Crippen LogP contribution >= 0.6 is 11.3 Å². The molecule has 0 saturated carbocycles. The van der Waals surface area contributed by atoms with Crippen molar-refractivity contribution in [2.45, 2.75) is 32.9 Å². The monoisotopic (exact) mass is 370 g/mol. The summed E-state index contributed by atoms with van der Waals surface area (Å²) in [6.45, 7) is 5.68. The molecule has 3 rings (SSSR count). The summed E-state index contributed by atoms with van der Waals surface area (Å²) < 4.78 is 0. The van der Waals surface area contributed by atoms with E-state index < -0.39 is 6.04 Å². The van der Waals surface area contributed by atoms with Crippen molar-refractivity contribution in [2.24, 2.45) is 5.92 Å². The molecule has 0 fully saturated rings. The molecule has 0 aliphatic rings. The minimum absolute atomic E-state index is 0.0400. The quantitative estimate of drug-likeness (QED) is 0.622. The SMILES string of the molecule is CC(C)[C@@H](NC(=O)c1cccs1)C(=O)N[C@@H](C)c1nc2ccccc2[nH]1. The van der Waals surface area contributed by atoms with E-state index in [1.54, 1.807) is 6.07 Å². The second-order valence-electron chi connectivity index (χ2n) is 6.54. The predicted octanol–water partition coefficient (Wildman–Crippen LogP) is 3.26. The Labute approximate surface area is 156 Å². The van der Waals surface area contributed by atoms with Gasteiger partial charge in [-0.3, -0.25) is 9.59 Å². The van der Waals surface area contributed by atoms with Crippen molar-refractivity contribution in [3.8, 4) is 0 Å². The van der Waals surface area contributed by atoms with Crippen molar-refractivity contribution in [3.63, 3.8) is 0 Å². The first kappa shape index (κ1) is 18.1. The van der Waals surface area contributed by atoms with Gasteiger partial charge in [0.25, 0.3) is 5.91 Å². The number of hydrogen-bond donors (Lipinski definition) is 3. The maximum atomic E-state index is 12.7. The van der Waals surface area contributed by atoms with Crippen LogP contribution in [0.3, 0.4) is 0 Å². The summed E-state index contributed by atoms with van der Waals surface area (Å²) in [5.74, 6) is 0.191. The summed E-state index contributed by atoms with van der Waals surface area (Å²) in [5.41, 5.74) is 1.78. The van der Waals surface area contributed by atoms with Crippen LogP contribution in [0.4, 0.5) is 0 Å². The lowest BCUT2D eigenvalue weighted by Gasteiger charge is -2.23. The molecule has 0 unspecified atom stereocenters. The number of rotatable bonds is 6. The lowest BCUT2D eigenvalue weighted by atomic mass is 10.0. The fourth-order valence-electron chi connectivity index (χ4n) is 2.70. The van der Waals surface area contributed by atoms with Crippen molar-refractivity contribution in [3.05, 3.63) is 52.5 Å². The summed E-state index contributed by atoms with van der Waals surface area (Å²) in [5, 5.41) is 7.61. The fraction of sp³-hybridized carbons (Fsp3) is 0.316. The molecular weight excluding hydrogens is 348 g/mol. The summed E-state index contributed by atoms with van der Waals surface area (Å²) in [4.78, 5) is 33.4. The van der Waals surface area contributed by atoms with E-state index >= 15 is 0 Å². The number of fused-ring (bicyclic) bond motifs is 1. The highest BCUT2D eigenvalue weighted by atomic mass is 32.1. The minimum atomic E-state index is -0.614. The van der Waals surface area contributed by atoms with E-state index in [1.807, 2.05) is 56.5 Å². The van der Waals surface area contributed by atoms with E-state index in [2.05, 4.69) is 20.6 Å². The standard InChI is InChI=1S/C19H22N4O2S/c1-11(2)16(23-18(24)15-9-6-10-26-15)19(25)20-12(3)17-21-13-7-4-5-8-14(13)22-17/h4-12,16H,1-3H3,(H,20,25)(H,21,22)(H,23,24)/t12-,16+/m0/s1. The van der Waals surface area contributed by atoms with Crippen LogP contribution in [0.15, 0.2) is 41.8 Å². The number of thiophene rings is 1. The van der Waals surface area contributed by atoms with E-state index in [1.165, 1.54) is 11.3 Å². The number of carbonyl (C=O) groups is 2. The van der Waals surface area contributed by atoms with Gasteiger partial charge in [0, 0.05) is 0 Å². The van der Waals surface area contributed by atoms with Crippen molar-refractivity contribution >= 4 is 34.2 Å². The van der Waals surface area contributed by atoms with Crippen molar-refractivity contribution < 1.29 is 9.59 Å². The molecule has 136 valence electrons. The van der Waals surface area contributed by atoms with Crippen LogP contribution < -0.4 is 10.6 Å². The Kier molecular flexibility index (Phi) is 5.37. The lowest BCUT2D eigenvalue weighted by molar-refractivity contribution is -0.124. The van der Waals surface area contributed by atoms with Crippen molar-refractivity contribution in [2.75, 3.05) is 0 Å². The fourth-order valence-corrected chi connectivity index (χ4v) is 3.33. The molecule has 3 aromatic rings. The van der Waals surface area contributed by atoms with E-state index in [0.717, 1.165) is 11.0 Å². The second kappa shape index (κ2) is 7.70. The first-order valence-electron chi connectivity index (χ1n) is 8.55. The van der Waals surface area contributed by atoms with E-state index in [9.17, 15) is 9.59 Å². The predicted molar refractivity (Wildman–Crippen MR) is 103 cm³/mol. The van der Waals surface area contributed by atoms with Gasteiger partial charge in [-0.2, -0.15) is 0 Å². The highest BCUT2D eigenvalue weighted by Gasteiger charge is 2.26. The van der Waals surface area contributed by atoms with Crippen LogP contribution in [0.5, 0.6) is 0 Å². The Bertz CT molecular complexity index is 868. The van der Waals surface area contributed by atoms with Gasteiger partial charge in [-0.05, 0) is 36.4 Å². The van der Waals surface area contributed by atoms with Gasteiger partial charge in [0.15, 0.2) is 0 Å². The molecule has 3 N–H and O–H groups in total. The zero-order chi connectivity index (χ0) is 18.7. The molecule has 2 atom stereocenters. The van der Waals surface area contributed by atoms with Gasteiger partial charge in [0.05, 0.1) is 22.0 Å². The number of nitrogens with zero attached hydrogens (tertiary/aromatic N) is 1. The molecule has 0 saturated heterocycles. The average molecular weight is 370 g/mol. The Morgan fingerprint density at radius 1 is 1.08 bits per heavy atom. The van der Waals surface area contributed by atoms with E-state index in [4.69, 9.17) is 0 Å². The molecule has 2 amide bonds. The third-order valence-electron chi connectivity index (χ3n) is 4.16. The zero-order valence-electron chi connectivity index (χ0n) is 14.9. The number of nitrogens with one attached hydrogen (secondary N) is 3. The third-order valence-corrected chi connectivity index (χ3v) is 5.03. The Hall–Kier alpha value is -2.67. The number of para-hydroxylation sites is 2. The summed E-state index contributed by atoms with van der Waals surface area (Å²) >= 11 is 1.35. The molecule has 0 bridgehead atoms. The lowest BCUT2D eigenvalue weighted by Crippen LogP contribution is -2.50. The molecule has 1 aromatic carbocycles. The van der Waals surface area contributed by atoms with Crippen LogP contribution in [0, 0.1) is 5.92 Å². The van der Waals surface area contributed by atoms with Crippen molar-refractivity contribution in [1.29, 1.82) is 0 Å². The van der Waals surface area contributed by atoms with Crippen LogP contribution in [0.1, 0.15) is 42.3 Å². The van der Waals surface area contributed by atoms with Crippen LogP contribution in [0.2, 0.25) is 0 Å². The highest BCUT2D eigenvalue weighted by molar-refractivity contribution is 7.12. The number of aromatic amines is 1. The third kappa shape index (κ3) is 3.94. The van der Waals surface area contributed by atoms with Crippen LogP contribution in [0.25, 0.3) is 11.0 Å². The number of imidazole rings is 1. The molecule has 0 aliphatic heterocycles. The first-order chi connectivity index (χ1) is 12.5. The molecule has 2 heterocycles. The Morgan fingerprint density at radius 3 is 2.50 bits per heavy atom. The zero-order valence-corrected chi connectivity index (χ0v) is 15.8. The molecule has 0 radical (unpaired) electrons. The molecule has 6 nitrogen and oxygen atoms in total. The first-order valence-corrected chi connectivity index (χ1v) is 9.43. The largest absolute Gasteiger partial charge is 0.345 e. The molecule has 26 heavy (non-hydrogen) atoms. The van der Waals surface area contributed by atoms with Gasteiger partial charge in [0.1, 0.15) is 11.9 Å². The topological polar surface area (TPSA) is 86.9 Å². The normalized spacial score (nSPS) is 13.5. The smallest absolute Gasteiger partial charge is 0.262 e. The molecule has 0 aliphatic carbocycles. The van der Waals surface area contributed by atoms with Gasteiger partial charge in [-0.25, -0.2) is 4.98 Å². The van der Waals surface area contributed by atoms with Gasteiger partial charge < -0.3 is 15.6 Å². The minimum Gasteiger partial charge on any atom is -0.345 e. The van der Waals surface area contributed by atoms with Gasteiger partial charge in [0.2, 0.25) is 5.91 Å². The number of carbonyl (C=O) groups excluding carboxylic acids is 2. The van der Waals surface area contributed by atoms with Crippen LogP contribution in [-0.4, -0.2) is 27.8 Å². The molecular formula is C19H22N4O2S. The van der Waals surface area contributed by atoms with Gasteiger partial charge in [-0.15, -0.1) is 11.3 Å². The molecule has 0 spiro atoms. The van der Waals surface area contributed by atoms with Crippen molar-refractivity contribution in [1.82, 2.24) is 20.6 Å². The maximum Gasteiger partial charge on any atom is 0.262 e. The second-order valence-corrected chi connectivity index (χ2v) is 7.49. The number of H-pyrrole nitrogens is 1. The Balaban J connectivity index is 1.69. The van der Waals surface area contributed by atoms with E-state index in [-0.39, 0.29) is 23.8 Å². The summed E-state index contributed by atoms with van der Waals surface area (Å²) in [7, 11) is 0. The number of hydrogen-bond acceptors (Lipinski definition) is 4. The summed E-state index contributed by atoms with van der Waals surface area (Å²) in [6.07, 6.45) is 0. The van der Waals surface area contributed by atoms with Crippen LogP contribution in [-0.2, 0) is 4.79 Å². The Morgan fingerprint density at radius 2 is 1.85 bits per heavy atom. The van der Waals surface area contributed by atoms with E-state index in [0.29, 0.717) is 10.7 Å². The maximum absolute atomic E-state index is 12.7. The average Bonchev–Trinajstić information content (AvgIpc) is 3.28. The van der Waals surface area contributed by atoms with Gasteiger partial charge >= 0.3 is 0 Å². The highest BCUT2D eigenvalue weighted by Crippen LogP contribution is 2.16. The number of amides is 2. The number of aromatic nitrogens is 2. The van der Waals surface area contributed by atoms with Gasteiger partial charge in [-0.1, -0.05) is 32.0 Å². The summed E-state index contributed by atoms with van der Waals surface area (Å²) in [6, 6.07) is 10.4. The molecule has 2 aromatic heterocycles. The number of benzene rings is 1. The molecule has 7 heteroatoms.